The van der Waals surface area contributed by atoms with Gasteiger partial charge in [0, 0.05) is 4.90 Å². The molecule has 0 radical (unpaired) electrons. The molecule has 0 atom stereocenters. The van der Waals surface area contributed by atoms with Crippen LogP contribution in [0.15, 0.2) is 53.4 Å². The van der Waals surface area contributed by atoms with Crippen LogP contribution in [0, 0.1) is 0 Å². The molecule has 1 amide bonds. The molecule has 0 saturated carbocycles. The maximum Gasteiger partial charge on any atom is 0.320 e. The maximum atomic E-state index is 12.2. The van der Waals surface area contributed by atoms with Crippen LogP contribution in [0.25, 0.3) is 0 Å². The van der Waals surface area contributed by atoms with Gasteiger partial charge in [-0.1, -0.05) is 24.3 Å². The van der Waals surface area contributed by atoms with Crippen LogP contribution < -0.4 is 15.4 Å². The Morgan fingerprint density at radius 2 is 1.92 bits per heavy atom. The average molecular weight is 372 g/mol. The molecule has 0 aliphatic carbocycles. The lowest BCUT2D eigenvalue weighted by Crippen LogP contribution is -2.38. The van der Waals surface area contributed by atoms with E-state index in [0.717, 1.165) is 16.1 Å². The van der Waals surface area contributed by atoms with Gasteiger partial charge >= 0.3 is 5.97 Å². The van der Waals surface area contributed by atoms with Crippen molar-refractivity contribution in [2.75, 3.05) is 30.3 Å². The van der Waals surface area contributed by atoms with Gasteiger partial charge in [0.2, 0.25) is 5.91 Å². The first-order valence-electron chi connectivity index (χ1n) is 8.27. The number of benzene rings is 2. The van der Waals surface area contributed by atoms with Gasteiger partial charge in [0.25, 0.3) is 0 Å². The van der Waals surface area contributed by atoms with E-state index in [1.165, 1.54) is 0 Å². The number of ether oxygens (including phenoxy) is 2. The van der Waals surface area contributed by atoms with Crippen LogP contribution in [0.1, 0.15) is 5.56 Å². The lowest BCUT2D eigenvalue weighted by atomic mass is 10.2. The maximum absolute atomic E-state index is 12.2. The Kier molecular flexibility index (Phi) is 6.14. The van der Waals surface area contributed by atoms with E-state index in [9.17, 15) is 9.59 Å². The Hall–Kier alpha value is -2.51. The molecule has 1 aliphatic heterocycles. The molecule has 3 rings (SSSR count). The van der Waals surface area contributed by atoms with Gasteiger partial charge in [-0.2, -0.15) is 0 Å². The molecule has 1 heterocycles. The quantitative estimate of drug-likeness (QED) is 0.751. The zero-order chi connectivity index (χ0) is 18.4. The number of nitrogens with two attached hydrogens (primary N) is 1. The summed E-state index contributed by atoms with van der Waals surface area (Å²) in [7, 11) is 0. The largest absolute Gasteiger partial charge is 0.492 e. The van der Waals surface area contributed by atoms with Crippen molar-refractivity contribution in [1.29, 1.82) is 0 Å². The normalized spacial score (nSPS) is 13.3. The fourth-order valence-electron chi connectivity index (χ4n) is 2.56. The van der Waals surface area contributed by atoms with Crippen molar-refractivity contribution in [2.24, 2.45) is 5.73 Å². The molecule has 2 aromatic rings. The molecule has 1 aliphatic rings. The average Bonchev–Trinajstić information content (AvgIpc) is 2.68. The summed E-state index contributed by atoms with van der Waals surface area (Å²) in [4.78, 5) is 26.1. The van der Waals surface area contributed by atoms with Gasteiger partial charge in [-0.25, -0.2) is 0 Å². The highest BCUT2D eigenvalue weighted by Crippen LogP contribution is 2.34. The SMILES string of the molecule is NCC(=O)OCc1ccc(OCCN2C(=O)CSc3ccccc32)cc1. The fourth-order valence-corrected chi connectivity index (χ4v) is 3.49. The van der Waals surface area contributed by atoms with E-state index in [1.807, 2.05) is 48.5 Å². The number of rotatable bonds is 7. The molecule has 2 aromatic carbocycles. The predicted molar refractivity (Wildman–Crippen MR) is 100 cm³/mol. The molecular formula is C19H20N2O4S. The van der Waals surface area contributed by atoms with Gasteiger partial charge in [-0.3, -0.25) is 9.59 Å². The molecular weight excluding hydrogens is 352 g/mol. The van der Waals surface area contributed by atoms with E-state index >= 15 is 0 Å². The van der Waals surface area contributed by atoms with Gasteiger partial charge < -0.3 is 20.1 Å². The number of hydrogen-bond acceptors (Lipinski definition) is 6. The fraction of sp³-hybridized carbons (Fsp3) is 0.263. The smallest absolute Gasteiger partial charge is 0.320 e. The molecule has 0 aromatic heterocycles. The van der Waals surface area contributed by atoms with E-state index < -0.39 is 5.97 Å². The molecule has 7 heteroatoms. The van der Waals surface area contributed by atoms with E-state index in [-0.39, 0.29) is 19.1 Å². The van der Waals surface area contributed by atoms with Crippen LogP contribution in [-0.4, -0.2) is 37.3 Å². The second kappa shape index (κ2) is 8.73. The standard InChI is InChI=1S/C19H20N2O4S/c20-11-19(23)25-12-14-5-7-15(8-6-14)24-10-9-21-16-3-1-2-4-17(16)26-13-18(21)22/h1-8H,9-13,20H2. The molecule has 0 fully saturated rings. The Morgan fingerprint density at radius 3 is 2.69 bits per heavy atom. The zero-order valence-corrected chi connectivity index (χ0v) is 15.0. The molecule has 136 valence electrons. The first-order valence-corrected chi connectivity index (χ1v) is 9.25. The van der Waals surface area contributed by atoms with Crippen LogP contribution >= 0.6 is 11.8 Å². The Balaban J connectivity index is 1.52. The predicted octanol–water partition coefficient (Wildman–Crippen LogP) is 2.21. The topological polar surface area (TPSA) is 81.9 Å². The van der Waals surface area contributed by atoms with E-state index in [2.05, 4.69) is 0 Å². The number of fused-ring (bicyclic) bond motifs is 1. The molecule has 6 nitrogen and oxygen atoms in total. The Bertz CT molecular complexity index is 779. The molecule has 0 saturated heterocycles. The summed E-state index contributed by atoms with van der Waals surface area (Å²) >= 11 is 1.56. The van der Waals surface area contributed by atoms with Gasteiger partial charge in [0.05, 0.1) is 24.5 Å². The second-order valence-electron chi connectivity index (χ2n) is 5.66. The minimum absolute atomic E-state index is 0.0920. The summed E-state index contributed by atoms with van der Waals surface area (Å²) in [5.74, 6) is 0.808. The van der Waals surface area contributed by atoms with Crippen molar-refractivity contribution >= 4 is 29.3 Å². The van der Waals surface area contributed by atoms with E-state index in [1.54, 1.807) is 16.7 Å². The third kappa shape index (κ3) is 4.56. The van der Waals surface area contributed by atoms with Crippen LogP contribution in [-0.2, 0) is 20.9 Å². The molecule has 0 unspecified atom stereocenters. The van der Waals surface area contributed by atoms with Crippen molar-refractivity contribution < 1.29 is 19.1 Å². The summed E-state index contributed by atoms with van der Waals surface area (Å²) in [6, 6.07) is 15.2. The Morgan fingerprint density at radius 1 is 1.15 bits per heavy atom. The lowest BCUT2D eigenvalue weighted by molar-refractivity contribution is -0.143. The number of carbonyl (C=O) groups excluding carboxylic acids is 2. The van der Waals surface area contributed by atoms with Crippen LogP contribution in [0.3, 0.4) is 0 Å². The molecule has 2 N–H and O–H groups in total. The van der Waals surface area contributed by atoms with Gasteiger partial charge in [0.1, 0.15) is 19.0 Å². The number of amides is 1. The van der Waals surface area contributed by atoms with Crippen molar-refractivity contribution in [3.05, 3.63) is 54.1 Å². The van der Waals surface area contributed by atoms with E-state index in [0.29, 0.717) is 24.7 Å². The first-order chi connectivity index (χ1) is 12.7. The number of anilines is 1. The number of hydrogen-bond donors (Lipinski definition) is 1. The van der Waals surface area contributed by atoms with Crippen molar-refractivity contribution in [3.8, 4) is 5.75 Å². The number of esters is 1. The summed E-state index contributed by atoms with van der Waals surface area (Å²) in [6.45, 7) is 0.948. The number of nitrogens with zero attached hydrogens (tertiary/aromatic N) is 1. The van der Waals surface area contributed by atoms with E-state index in [4.69, 9.17) is 15.2 Å². The van der Waals surface area contributed by atoms with Gasteiger partial charge in [-0.05, 0) is 29.8 Å². The summed E-state index contributed by atoms with van der Waals surface area (Å²) < 4.78 is 10.7. The van der Waals surface area contributed by atoms with Crippen molar-refractivity contribution in [3.63, 3.8) is 0 Å². The molecule has 0 bridgehead atoms. The minimum Gasteiger partial charge on any atom is -0.492 e. The van der Waals surface area contributed by atoms with Crippen molar-refractivity contribution in [1.82, 2.24) is 0 Å². The Labute approximate surface area is 156 Å². The second-order valence-corrected chi connectivity index (χ2v) is 6.68. The summed E-state index contributed by atoms with van der Waals surface area (Å²) in [5, 5.41) is 0. The van der Waals surface area contributed by atoms with Crippen LogP contribution in [0.4, 0.5) is 5.69 Å². The third-order valence-electron chi connectivity index (χ3n) is 3.88. The molecule has 0 spiro atoms. The van der Waals surface area contributed by atoms with Crippen LogP contribution in [0.5, 0.6) is 5.75 Å². The highest BCUT2D eigenvalue weighted by molar-refractivity contribution is 8.00. The number of para-hydroxylation sites is 1. The monoisotopic (exact) mass is 372 g/mol. The molecule has 26 heavy (non-hydrogen) atoms. The first kappa shape index (κ1) is 18.3. The summed E-state index contributed by atoms with van der Waals surface area (Å²) in [5.41, 5.74) is 6.99. The minimum atomic E-state index is -0.435. The lowest BCUT2D eigenvalue weighted by Gasteiger charge is -2.28. The van der Waals surface area contributed by atoms with Gasteiger partial charge in [-0.15, -0.1) is 11.8 Å². The zero-order valence-electron chi connectivity index (χ0n) is 14.2. The van der Waals surface area contributed by atoms with Gasteiger partial charge in [0.15, 0.2) is 0 Å². The summed E-state index contributed by atoms with van der Waals surface area (Å²) in [6.07, 6.45) is 0. The third-order valence-corrected chi connectivity index (χ3v) is 4.93. The van der Waals surface area contributed by atoms with Crippen LogP contribution in [0.2, 0.25) is 0 Å². The highest BCUT2D eigenvalue weighted by Gasteiger charge is 2.23. The van der Waals surface area contributed by atoms with Crippen molar-refractivity contribution in [2.45, 2.75) is 11.5 Å². The number of carbonyl (C=O) groups is 2. The highest BCUT2D eigenvalue weighted by atomic mass is 32.2. The number of thioether (sulfide) groups is 1.